The highest BCUT2D eigenvalue weighted by Crippen LogP contribution is 2.19. The van der Waals surface area contributed by atoms with Crippen LogP contribution in [0.4, 0.5) is 0 Å². The van der Waals surface area contributed by atoms with E-state index in [0.717, 1.165) is 25.7 Å². The minimum atomic E-state index is -0.405. The zero-order valence-corrected chi connectivity index (χ0v) is 18.0. The van der Waals surface area contributed by atoms with Gasteiger partial charge in [-0.1, -0.05) is 47.5 Å². The smallest absolute Gasteiger partial charge is 0.149 e. The van der Waals surface area contributed by atoms with Crippen molar-refractivity contribution in [3.05, 3.63) is 0 Å². The molecule has 0 aromatic heterocycles. The summed E-state index contributed by atoms with van der Waals surface area (Å²) in [6, 6.07) is -0.405. The van der Waals surface area contributed by atoms with Gasteiger partial charge in [0.15, 0.2) is 0 Å². The summed E-state index contributed by atoms with van der Waals surface area (Å²) >= 11 is 0. The molecule has 0 spiro atoms. The van der Waals surface area contributed by atoms with Crippen LogP contribution in [0, 0.1) is 5.41 Å². The average Bonchev–Trinajstić information content (AvgIpc) is 2.62. The van der Waals surface area contributed by atoms with Crippen molar-refractivity contribution < 1.29 is 19.2 Å². The molecule has 0 unspecified atom stereocenters. The lowest BCUT2D eigenvalue weighted by atomic mass is 9.88. The highest BCUT2D eigenvalue weighted by atomic mass is 16.1. The summed E-state index contributed by atoms with van der Waals surface area (Å²) in [6.45, 7) is 9.61. The molecule has 1 atom stereocenters. The Kier molecular flexibility index (Phi) is 13.1. The van der Waals surface area contributed by atoms with Gasteiger partial charge in [-0.05, 0) is 19.3 Å². The van der Waals surface area contributed by atoms with E-state index in [0.29, 0.717) is 38.5 Å². The molecule has 0 saturated carbocycles. The summed E-state index contributed by atoms with van der Waals surface area (Å²) in [5, 5.41) is 3.04. The Labute approximate surface area is 165 Å². The number of Topliss-reactive ketones (excluding diaryl/α,β-unsaturated/α-hetero) is 4. The lowest BCUT2D eigenvalue weighted by molar-refractivity contribution is -0.126. The SMILES string of the molecule is CCC(=O)CC[C@H](NCC(=O)CCCCCCC(=O)C(C)(C)C)C(=O)CC. The summed E-state index contributed by atoms with van der Waals surface area (Å²) in [5.41, 5.74) is -0.268. The van der Waals surface area contributed by atoms with Crippen LogP contribution in [0.5, 0.6) is 0 Å². The molecule has 0 saturated heterocycles. The largest absolute Gasteiger partial charge is 0.301 e. The van der Waals surface area contributed by atoms with Crippen LogP contribution in [0.2, 0.25) is 0 Å². The first-order chi connectivity index (χ1) is 12.6. The van der Waals surface area contributed by atoms with E-state index in [1.807, 2.05) is 27.7 Å². The van der Waals surface area contributed by atoms with E-state index in [2.05, 4.69) is 5.32 Å². The van der Waals surface area contributed by atoms with E-state index in [9.17, 15) is 19.2 Å². The van der Waals surface area contributed by atoms with E-state index in [4.69, 9.17) is 0 Å². The van der Waals surface area contributed by atoms with Gasteiger partial charge in [-0.3, -0.25) is 19.2 Å². The summed E-state index contributed by atoms with van der Waals surface area (Å²) in [6.07, 6.45) is 6.40. The van der Waals surface area contributed by atoms with Gasteiger partial charge in [0.1, 0.15) is 23.1 Å². The Balaban J connectivity index is 3.99. The molecule has 0 aliphatic carbocycles. The Morgan fingerprint density at radius 1 is 0.778 bits per heavy atom. The van der Waals surface area contributed by atoms with E-state index in [1.165, 1.54) is 0 Å². The maximum absolute atomic E-state index is 12.0. The van der Waals surface area contributed by atoms with Crippen molar-refractivity contribution >= 4 is 23.1 Å². The van der Waals surface area contributed by atoms with Gasteiger partial charge in [-0.15, -0.1) is 0 Å². The van der Waals surface area contributed by atoms with E-state index in [-0.39, 0.29) is 35.1 Å². The zero-order valence-electron chi connectivity index (χ0n) is 18.0. The van der Waals surface area contributed by atoms with Crippen molar-refractivity contribution in [2.75, 3.05) is 6.54 Å². The van der Waals surface area contributed by atoms with Gasteiger partial charge in [0.05, 0.1) is 12.6 Å². The van der Waals surface area contributed by atoms with Crippen molar-refractivity contribution in [1.82, 2.24) is 5.32 Å². The van der Waals surface area contributed by atoms with Crippen molar-refractivity contribution in [3.8, 4) is 0 Å². The highest BCUT2D eigenvalue weighted by Gasteiger charge is 2.20. The number of rotatable bonds is 16. The van der Waals surface area contributed by atoms with Gasteiger partial charge >= 0.3 is 0 Å². The quantitative estimate of drug-likeness (QED) is 0.405. The van der Waals surface area contributed by atoms with Crippen LogP contribution in [0.1, 0.15) is 98.8 Å². The van der Waals surface area contributed by atoms with Gasteiger partial charge in [-0.25, -0.2) is 0 Å². The molecule has 1 N–H and O–H groups in total. The van der Waals surface area contributed by atoms with Crippen LogP contribution < -0.4 is 5.32 Å². The van der Waals surface area contributed by atoms with Gasteiger partial charge in [0.2, 0.25) is 0 Å². The number of carbonyl (C=O) groups excluding carboxylic acids is 4. The highest BCUT2D eigenvalue weighted by molar-refractivity contribution is 5.86. The number of hydrogen-bond acceptors (Lipinski definition) is 5. The Hall–Kier alpha value is -1.36. The number of unbranched alkanes of at least 4 members (excludes halogenated alkanes) is 3. The standard InChI is InChI=1S/C22H39NO4/c1-6-17(24)14-15-19(20(26)7-2)23-16-18(25)12-10-8-9-11-13-21(27)22(3,4)5/h19,23H,6-16H2,1-5H3/t19-/m0/s1. The molecule has 0 aromatic carbocycles. The first kappa shape index (κ1) is 25.6. The molecule has 0 fully saturated rings. The Morgan fingerprint density at radius 3 is 1.89 bits per heavy atom. The van der Waals surface area contributed by atoms with Crippen LogP contribution in [-0.4, -0.2) is 35.7 Å². The first-order valence-electron chi connectivity index (χ1n) is 10.4. The normalized spacial score (nSPS) is 12.6. The minimum Gasteiger partial charge on any atom is -0.301 e. The number of hydrogen-bond donors (Lipinski definition) is 1. The molecule has 0 aliphatic rings. The molecule has 0 bridgehead atoms. The first-order valence-corrected chi connectivity index (χ1v) is 10.4. The van der Waals surface area contributed by atoms with Crippen LogP contribution >= 0.6 is 0 Å². The van der Waals surface area contributed by atoms with E-state index >= 15 is 0 Å². The van der Waals surface area contributed by atoms with Crippen molar-refractivity contribution in [1.29, 1.82) is 0 Å². The molecular weight excluding hydrogens is 342 g/mol. The molecule has 5 nitrogen and oxygen atoms in total. The topological polar surface area (TPSA) is 80.3 Å². The maximum Gasteiger partial charge on any atom is 0.149 e. The van der Waals surface area contributed by atoms with E-state index < -0.39 is 6.04 Å². The number of ketones is 4. The summed E-state index contributed by atoms with van der Waals surface area (Å²) in [4.78, 5) is 47.3. The van der Waals surface area contributed by atoms with E-state index in [1.54, 1.807) is 6.92 Å². The number of nitrogens with one attached hydrogen (secondary N) is 1. The van der Waals surface area contributed by atoms with Gasteiger partial charge in [0, 0.05) is 37.5 Å². The lowest BCUT2D eigenvalue weighted by Crippen LogP contribution is -2.39. The molecule has 0 radical (unpaired) electrons. The molecule has 5 heteroatoms. The lowest BCUT2D eigenvalue weighted by Gasteiger charge is -2.16. The van der Waals surface area contributed by atoms with Crippen LogP contribution in [-0.2, 0) is 19.2 Å². The molecule has 27 heavy (non-hydrogen) atoms. The summed E-state index contributed by atoms with van der Waals surface area (Å²) in [5.74, 6) is 0.574. The van der Waals surface area contributed by atoms with Gasteiger partial charge < -0.3 is 5.32 Å². The zero-order chi connectivity index (χ0) is 20.9. The second kappa shape index (κ2) is 13.8. The molecular formula is C22H39NO4. The monoisotopic (exact) mass is 381 g/mol. The van der Waals surface area contributed by atoms with Crippen LogP contribution in [0.15, 0.2) is 0 Å². The molecule has 0 aromatic rings. The maximum atomic E-state index is 12.0. The third kappa shape index (κ3) is 12.6. The predicted octanol–water partition coefficient (Wildman–Crippen LogP) is 4.21. The summed E-state index contributed by atoms with van der Waals surface area (Å²) < 4.78 is 0. The molecule has 156 valence electrons. The molecule has 0 rings (SSSR count). The fourth-order valence-corrected chi connectivity index (χ4v) is 2.77. The second-order valence-electron chi connectivity index (χ2n) is 8.31. The molecule has 0 aliphatic heterocycles. The fourth-order valence-electron chi connectivity index (χ4n) is 2.77. The van der Waals surface area contributed by atoms with Gasteiger partial charge in [-0.2, -0.15) is 0 Å². The van der Waals surface area contributed by atoms with Gasteiger partial charge in [0.25, 0.3) is 0 Å². The van der Waals surface area contributed by atoms with Crippen LogP contribution in [0.25, 0.3) is 0 Å². The third-order valence-corrected chi connectivity index (χ3v) is 4.83. The number of carbonyl (C=O) groups is 4. The van der Waals surface area contributed by atoms with Crippen molar-refractivity contribution in [3.63, 3.8) is 0 Å². The predicted molar refractivity (Wildman–Crippen MR) is 109 cm³/mol. The second-order valence-corrected chi connectivity index (χ2v) is 8.31. The molecule has 0 heterocycles. The Bertz CT molecular complexity index is 491. The van der Waals surface area contributed by atoms with Crippen molar-refractivity contribution in [2.45, 2.75) is 105 Å². The average molecular weight is 382 g/mol. The minimum absolute atomic E-state index is 0.0511. The Morgan fingerprint density at radius 2 is 1.37 bits per heavy atom. The van der Waals surface area contributed by atoms with Crippen LogP contribution in [0.3, 0.4) is 0 Å². The fraction of sp³-hybridized carbons (Fsp3) is 0.818. The van der Waals surface area contributed by atoms with Crippen molar-refractivity contribution in [2.24, 2.45) is 5.41 Å². The third-order valence-electron chi connectivity index (χ3n) is 4.83. The molecule has 0 amide bonds. The summed E-state index contributed by atoms with van der Waals surface area (Å²) in [7, 11) is 0.